The quantitative estimate of drug-likeness (QED) is 0.848. The van der Waals surface area contributed by atoms with E-state index in [9.17, 15) is 0 Å². The van der Waals surface area contributed by atoms with Crippen LogP contribution >= 0.6 is 15.9 Å². The number of methoxy groups -OCH3 is 2. The van der Waals surface area contributed by atoms with Crippen molar-refractivity contribution >= 4 is 15.9 Å². The second-order valence-electron chi connectivity index (χ2n) is 4.20. The van der Waals surface area contributed by atoms with Crippen LogP contribution in [-0.2, 0) is 18.2 Å². The first-order valence-corrected chi connectivity index (χ1v) is 6.81. The standard InChI is InChI=1S/C14H17BrN2O2/c1-17-12(8-9-18-2)13(15)14(16-17)10-4-6-11(19-3)7-5-10/h4-7H,8-9H2,1-3H3. The summed E-state index contributed by atoms with van der Waals surface area (Å²) in [6.45, 7) is 0.681. The molecular formula is C14H17BrN2O2. The zero-order valence-corrected chi connectivity index (χ0v) is 12.9. The number of halogens is 1. The maximum atomic E-state index is 5.16. The summed E-state index contributed by atoms with van der Waals surface area (Å²) in [5.41, 5.74) is 3.14. The lowest BCUT2D eigenvalue weighted by Gasteiger charge is -2.02. The van der Waals surface area contributed by atoms with Crippen LogP contribution in [0.1, 0.15) is 5.69 Å². The normalized spacial score (nSPS) is 10.7. The topological polar surface area (TPSA) is 36.3 Å². The van der Waals surface area contributed by atoms with E-state index in [0.29, 0.717) is 6.61 Å². The van der Waals surface area contributed by atoms with E-state index in [1.807, 2.05) is 36.0 Å². The number of benzene rings is 1. The molecule has 0 aliphatic carbocycles. The lowest BCUT2D eigenvalue weighted by molar-refractivity contribution is 0.200. The van der Waals surface area contributed by atoms with Crippen LogP contribution in [0.5, 0.6) is 5.75 Å². The summed E-state index contributed by atoms with van der Waals surface area (Å²) in [4.78, 5) is 0. The average molecular weight is 325 g/mol. The van der Waals surface area contributed by atoms with Gasteiger partial charge in [0.15, 0.2) is 0 Å². The van der Waals surface area contributed by atoms with Crippen LogP contribution in [-0.4, -0.2) is 30.6 Å². The highest BCUT2D eigenvalue weighted by Gasteiger charge is 2.15. The van der Waals surface area contributed by atoms with Crippen molar-refractivity contribution in [2.45, 2.75) is 6.42 Å². The predicted octanol–water partition coefficient (Wildman–Crippen LogP) is 3.05. The number of aryl methyl sites for hydroxylation is 1. The highest BCUT2D eigenvalue weighted by molar-refractivity contribution is 9.10. The van der Waals surface area contributed by atoms with Gasteiger partial charge in [-0.2, -0.15) is 5.10 Å². The minimum Gasteiger partial charge on any atom is -0.497 e. The van der Waals surface area contributed by atoms with E-state index in [1.165, 1.54) is 0 Å². The Hall–Kier alpha value is -1.33. The van der Waals surface area contributed by atoms with Gasteiger partial charge in [0.25, 0.3) is 0 Å². The van der Waals surface area contributed by atoms with Crippen molar-refractivity contribution in [3.8, 4) is 17.0 Å². The SMILES string of the molecule is COCCc1c(Br)c(-c2ccc(OC)cc2)nn1C. The third kappa shape index (κ3) is 2.98. The van der Waals surface area contributed by atoms with Gasteiger partial charge in [-0.05, 0) is 40.2 Å². The van der Waals surface area contributed by atoms with E-state index >= 15 is 0 Å². The van der Waals surface area contributed by atoms with Gasteiger partial charge < -0.3 is 9.47 Å². The predicted molar refractivity (Wildman–Crippen MR) is 78.5 cm³/mol. The minimum atomic E-state index is 0.681. The van der Waals surface area contributed by atoms with Crippen molar-refractivity contribution in [2.24, 2.45) is 7.05 Å². The number of ether oxygens (including phenoxy) is 2. The van der Waals surface area contributed by atoms with E-state index in [-0.39, 0.29) is 0 Å². The fraction of sp³-hybridized carbons (Fsp3) is 0.357. The number of hydrogen-bond acceptors (Lipinski definition) is 3. The fourth-order valence-electron chi connectivity index (χ4n) is 1.94. The molecule has 0 fully saturated rings. The molecule has 19 heavy (non-hydrogen) atoms. The largest absolute Gasteiger partial charge is 0.497 e. The van der Waals surface area contributed by atoms with Crippen molar-refractivity contribution in [2.75, 3.05) is 20.8 Å². The molecule has 0 spiro atoms. The number of hydrogen-bond donors (Lipinski definition) is 0. The molecule has 0 N–H and O–H groups in total. The van der Waals surface area contributed by atoms with Crippen molar-refractivity contribution in [3.05, 3.63) is 34.4 Å². The van der Waals surface area contributed by atoms with Gasteiger partial charge in [0.2, 0.25) is 0 Å². The second-order valence-corrected chi connectivity index (χ2v) is 5.00. The molecule has 0 aliphatic rings. The van der Waals surface area contributed by atoms with Gasteiger partial charge in [-0.1, -0.05) is 0 Å². The Morgan fingerprint density at radius 3 is 2.47 bits per heavy atom. The fourth-order valence-corrected chi connectivity index (χ4v) is 2.70. The molecule has 1 aromatic carbocycles. The van der Waals surface area contributed by atoms with E-state index in [4.69, 9.17) is 9.47 Å². The molecule has 2 rings (SSSR count). The van der Waals surface area contributed by atoms with E-state index in [0.717, 1.165) is 33.6 Å². The van der Waals surface area contributed by atoms with Crippen LogP contribution in [0.25, 0.3) is 11.3 Å². The van der Waals surface area contributed by atoms with Crippen molar-refractivity contribution < 1.29 is 9.47 Å². The van der Waals surface area contributed by atoms with Crippen LogP contribution in [0.4, 0.5) is 0 Å². The molecule has 0 aliphatic heterocycles. The molecule has 0 unspecified atom stereocenters. The molecule has 1 aromatic heterocycles. The summed E-state index contributed by atoms with van der Waals surface area (Å²) in [5, 5.41) is 4.56. The smallest absolute Gasteiger partial charge is 0.118 e. The summed E-state index contributed by atoms with van der Waals surface area (Å²) in [7, 11) is 5.31. The van der Waals surface area contributed by atoms with Crippen molar-refractivity contribution in [3.63, 3.8) is 0 Å². The highest BCUT2D eigenvalue weighted by Crippen LogP contribution is 2.31. The molecular weight excluding hydrogens is 308 g/mol. The first kappa shape index (κ1) is 14.1. The van der Waals surface area contributed by atoms with Crippen LogP contribution in [0.15, 0.2) is 28.7 Å². The Bertz CT molecular complexity index is 549. The van der Waals surface area contributed by atoms with Crippen LogP contribution in [0.2, 0.25) is 0 Å². The Kier molecular flexibility index (Phi) is 4.61. The Balaban J connectivity index is 2.33. The van der Waals surface area contributed by atoms with Crippen molar-refractivity contribution in [1.29, 1.82) is 0 Å². The first-order valence-electron chi connectivity index (χ1n) is 6.02. The monoisotopic (exact) mass is 324 g/mol. The molecule has 0 saturated carbocycles. The first-order chi connectivity index (χ1) is 9.17. The summed E-state index contributed by atoms with van der Waals surface area (Å²) in [5.74, 6) is 0.843. The van der Waals surface area contributed by atoms with Gasteiger partial charge in [0, 0.05) is 26.1 Å². The third-order valence-corrected chi connectivity index (χ3v) is 3.84. The summed E-state index contributed by atoms with van der Waals surface area (Å²) >= 11 is 3.63. The molecule has 0 radical (unpaired) electrons. The molecule has 1 heterocycles. The van der Waals surface area contributed by atoms with Gasteiger partial charge in [-0.3, -0.25) is 4.68 Å². The van der Waals surface area contributed by atoms with E-state index in [2.05, 4.69) is 21.0 Å². The lowest BCUT2D eigenvalue weighted by Crippen LogP contribution is -2.02. The van der Waals surface area contributed by atoms with E-state index in [1.54, 1.807) is 14.2 Å². The molecule has 4 nitrogen and oxygen atoms in total. The molecule has 0 bridgehead atoms. The maximum absolute atomic E-state index is 5.16. The summed E-state index contributed by atoms with van der Waals surface area (Å²) in [6.07, 6.45) is 0.830. The third-order valence-electron chi connectivity index (χ3n) is 3.01. The maximum Gasteiger partial charge on any atom is 0.118 e. The molecule has 2 aromatic rings. The van der Waals surface area contributed by atoms with Crippen LogP contribution in [0.3, 0.4) is 0 Å². The Morgan fingerprint density at radius 1 is 1.21 bits per heavy atom. The van der Waals surface area contributed by atoms with Gasteiger partial charge in [-0.15, -0.1) is 0 Å². The zero-order chi connectivity index (χ0) is 13.8. The number of nitrogens with zero attached hydrogens (tertiary/aromatic N) is 2. The Morgan fingerprint density at radius 2 is 1.89 bits per heavy atom. The molecule has 0 amide bonds. The minimum absolute atomic E-state index is 0.681. The molecule has 0 saturated heterocycles. The molecule has 102 valence electrons. The second kappa shape index (κ2) is 6.21. The summed E-state index contributed by atoms with van der Waals surface area (Å²) in [6, 6.07) is 7.88. The zero-order valence-electron chi connectivity index (χ0n) is 11.3. The molecule has 0 atom stereocenters. The average Bonchev–Trinajstić information content (AvgIpc) is 2.72. The lowest BCUT2D eigenvalue weighted by atomic mass is 10.1. The number of aromatic nitrogens is 2. The van der Waals surface area contributed by atoms with E-state index < -0.39 is 0 Å². The van der Waals surface area contributed by atoms with Gasteiger partial charge in [-0.25, -0.2) is 0 Å². The van der Waals surface area contributed by atoms with Gasteiger partial charge in [0.1, 0.15) is 11.4 Å². The van der Waals surface area contributed by atoms with Crippen LogP contribution < -0.4 is 4.74 Å². The van der Waals surface area contributed by atoms with Gasteiger partial charge >= 0.3 is 0 Å². The Labute approximate surface area is 121 Å². The van der Waals surface area contributed by atoms with Crippen LogP contribution in [0, 0.1) is 0 Å². The summed E-state index contributed by atoms with van der Waals surface area (Å²) < 4.78 is 13.2. The van der Waals surface area contributed by atoms with Gasteiger partial charge in [0.05, 0.1) is 23.9 Å². The highest BCUT2D eigenvalue weighted by atomic mass is 79.9. The number of rotatable bonds is 5. The van der Waals surface area contributed by atoms with Crippen molar-refractivity contribution in [1.82, 2.24) is 9.78 Å². The molecule has 5 heteroatoms.